The van der Waals surface area contributed by atoms with Crippen molar-refractivity contribution in [2.75, 3.05) is 16.4 Å². The number of hydrogen-bond acceptors (Lipinski definition) is 8. The Labute approximate surface area is 210 Å². The van der Waals surface area contributed by atoms with Crippen molar-refractivity contribution in [1.82, 2.24) is 25.1 Å². The average molecular weight is 496 g/mol. The van der Waals surface area contributed by atoms with E-state index >= 15 is 0 Å². The number of pyridine rings is 1. The van der Waals surface area contributed by atoms with E-state index in [4.69, 9.17) is 17.3 Å². The van der Waals surface area contributed by atoms with Crippen LogP contribution in [0.15, 0.2) is 67.0 Å². The lowest BCUT2D eigenvalue weighted by atomic mass is 10.0. The van der Waals surface area contributed by atoms with Crippen LogP contribution in [-0.2, 0) is 6.54 Å². The number of nitrogens with zero attached hydrogens (tertiary/aromatic N) is 5. The maximum Gasteiger partial charge on any atom is 0.278 e. The highest BCUT2D eigenvalue weighted by Gasteiger charge is 2.17. The van der Waals surface area contributed by atoms with Crippen LogP contribution in [0.25, 0.3) is 22.2 Å². The van der Waals surface area contributed by atoms with Crippen LogP contribution in [0.5, 0.6) is 0 Å². The van der Waals surface area contributed by atoms with Gasteiger partial charge in [0.1, 0.15) is 6.07 Å². The maximum absolute atomic E-state index is 12.9. The molecule has 0 aliphatic heterocycles. The second-order valence-electron chi connectivity index (χ2n) is 7.80. The van der Waals surface area contributed by atoms with Crippen LogP contribution >= 0.6 is 11.6 Å². The third kappa shape index (κ3) is 4.77. The van der Waals surface area contributed by atoms with Crippen LogP contribution in [-0.4, -0.2) is 31.1 Å². The molecule has 0 radical (unpaired) electrons. The average Bonchev–Trinajstić information content (AvgIpc) is 3.29. The molecule has 0 fully saturated rings. The molecular formula is C25H18ClN9O. The Bertz CT molecular complexity index is 1610. The summed E-state index contributed by atoms with van der Waals surface area (Å²) in [6.07, 6.45) is 3.07. The van der Waals surface area contributed by atoms with Crippen molar-refractivity contribution in [3.05, 3.63) is 89.0 Å². The van der Waals surface area contributed by atoms with E-state index in [0.717, 1.165) is 22.1 Å². The number of anilines is 3. The number of H-pyrrole nitrogens is 1. The van der Waals surface area contributed by atoms with Crippen molar-refractivity contribution in [2.45, 2.75) is 6.54 Å². The fraction of sp³-hybridized carbons (Fsp3) is 0.0400. The van der Waals surface area contributed by atoms with Crippen molar-refractivity contribution >= 4 is 45.9 Å². The van der Waals surface area contributed by atoms with Crippen LogP contribution in [0.4, 0.5) is 17.3 Å². The van der Waals surface area contributed by atoms with Crippen LogP contribution in [0.3, 0.4) is 0 Å². The molecule has 0 spiro atoms. The van der Waals surface area contributed by atoms with Gasteiger partial charge in [-0.2, -0.15) is 10.4 Å². The third-order valence-corrected chi connectivity index (χ3v) is 5.65. The normalized spacial score (nSPS) is 10.7. The molecule has 1 amide bonds. The highest BCUT2D eigenvalue weighted by atomic mass is 35.5. The summed E-state index contributed by atoms with van der Waals surface area (Å²) < 4.78 is 0. The lowest BCUT2D eigenvalue weighted by molar-refractivity contribution is 0.102. The van der Waals surface area contributed by atoms with Gasteiger partial charge < -0.3 is 16.4 Å². The van der Waals surface area contributed by atoms with Gasteiger partial charge in [0.15, 0.2) is 28.7 Å². The van der Waals surface area contributed by atoms with Gasteiger partial charge >= 0.3 is 0 Å². The summed E-state index contributed by atoms with van der Waals surface area (Å²) in [7, 11) is 0. The number of halogens is 1. The second-order valence-corrected chi connectivity index (χ2v) is 8.24. The molecule has 2 aromatic carbocycles. The van der Waals surface area contributed by atoms with E-state index in [0.29, 0.717) is 28.7 Å². The number of nitriles is 1. The summed E-state index contributed by atoms with van der Waals surface area (Å²) in [6, 6.07) is 18.4. The first-order chi connectivity index (χ1) is 17.5. The predicted molar refractivity (Wildman–Crippen MR) is 137 cm³/mol. The van der Waals surface area contributed by atoms with Crippen LogP contribution < -0.4 is 16.4 Å². The Hall–Kier alpha value is -5.01. The number of amides is 1. The summed E-state index contributed by atoms with van der Waals surface area (Å²) >= 11 is 5.91. The highest BCUT2D eigenvalue weighted by Crippen LogP contribution is 2.25. The zero-order valence-corrected chi connectivity index (χ0v) is 19.4. The van der Waals surface area contributed by atoms with Gasteiger partial charge in [-0.3, -0.25) is 9.89 Å². The Kier molecular flexibility index (Phi) is 6.13. The summed E-state index contributed by atoms with van der Waals surface area (Å²) in [5.41, 5.74) is 9.94. The van der Waals surface area contributed by atoms with E-state index < -0.39 is 5.91 Å². The molecule has 0 aliphatic carbocycles. The second kappa shape index (κ2) is 9.69. The first kappa shape index (κ1) is 22.8. The standard InChI is InChI=1S/C25H18ClN9O/c26-17-5-7-18(8-6-17)33-25(36)21-24(31-13-19(10-27)32-21)29-11-14-1-3-15(4-2-14)16-9-20-22(28)34-35-23(20)30-12-16/h1-9,12-13H,11H2,(H,29,31)(H,33,36)(H3,28,30,34,35). The van der Waals surface area contributed by atoms with Gasteiger partial charge in [0, 0.05) is 29.0 Å². The van der Waals surface area contributed by atoms with Gasteiger partial charge in [0.05, 0.1) is 11.6 Å². The van der Waals surface area contributed by atoms with E-state index in [1.165, 1.54) is 6.20 Å². The molecule has 10 nitrogen and oxygen atoms in total. The minimum absolute atomic E-state index is 0.0118. The van der Waals surface area contributed by atoms with Crippen molar-refractivity contribution in [2.24, 2.45) is 0 Å². The zero-order valence-electron chi connectivity index (χ0n) is 18.7. The Morgan fingerprint density at radius 1 is 1.06 bits per heavy atom. The first-order valence-electron chi connectivity index (χ1n) is 10.8. The molecule has 36 heavy (non-hydrogen) atoms. The minimum atomic E-state index is -0.499. The number of benzene rings is 2. The maximum atomic E-state index is 12.9. The Morgan fingerprint density at radius 3 is 2.58 bits per heavy atom. The monoisotopic (exact) mass is 495 g/mol. The van der Waals surface area contributed by atoms with E-state index in [-0.39, 0.29) is 17.2 Å². The fourth-order valence-corrected chi connectivity index (χ4v) is 3.66. The SMILES string of the molecule is N#Cc1cnc(NCc2ccc(-c3cnc4[nH]nc(N)c4c3)cc2)c(C(=O)Nc2ccc(Cl)cc2)n1. The van der Waals surface area contributed by atoms with Crippen LogP contribution in [0.1, 0.15) is 21.7 Å². The van der Waals surface area contributed by atoms with E-state index in [2.05, 4.69) is 35.8 Å². The smallest absolute Gasteiger partial charge is 0.278 e. The van der Waals surface area contributed by atoms with Gasteiger partial charge in [-0.05, 0) is 41.5 Å². The number of aromatic amines is 1. The molecule has 0 unspecified atom stereocenters. The predicted octanol–water partition coefficient (Wildman–Crippen LogP) is 4.39. The topological polar surface area (TPSA) is 158 Å². The first-order valence-corrected chi connectivity index (χ1v) is 11.1. The number of nitrogen functional groups attached to an aromatic ring is 1. The van der Waals surface area contributed by atoms with Crippen molar-refractivity contribution in [3.63, 3.8) is 0 Å². The van der Waals surface area contributed by atoms with Gasteiger partial charge in [-0.15, -0.1) is 0 Å². The molecule has 3 heterocycles. The molecule has 0 atom stereocenters. The van der Waals surface area contributed by atoms with Gasteiger partial charge in [0.25, 0.3) is 5.91 Å². The minimum Gasteiger partial charge on any atom is -0.382 e. The van der Waals surface area contributed by atoms with Crippen molar-refractivity contribution in [3.8, 4) is 17.2 Å². The lowest BCUT2D eigenvalue weighted by Gasteiger charge is -2.11. The number of aromatic nitrogens is 5. The summed E-state index contributed by atoms with van der Waals surface area (Å²) in [6.45, 7) is 0.383. The molecule has 0 bridgehead atoms. The largest absolute Gasteiger partial charge is 0.382 e. The number of fused-ring (bicyclic) bond motifs is 1. The van der Waals surface area contributed by atoms with Gasteiger partial charge in [0.2, 0.25) is 0 Å². The molecule has 11 heteroatoms. The van der Waals surface area contributed by atoms with E-state index in [9.17, 15) is 10.1 Å². The third-order valence-electron chi connectivity index (χ3n) is 5.40. The van der Waals surface area contributed by atoms with Gasteiger partial charge in [-0.25, -0.2) is 15.0 Å². The quantitative estimate of drug-likeness (QED) is 0.270. The number of hydrogen-bond donors (Lipinski definition) is 4. The molecule has 0 saturated heterocycles. The molecule has 5 rings (SSSR count). The Morgan fingerprint density at radius 2 is 1.83 bits per heavy atom. The molecule has 5 N–H and O–H groups in total. The molecule has 0 aliphatic rings. The molecular weight excluding hydrogens is 478 g/mol. The van der Waals surface area contributed by atoms with Crippen LogP contribution in [0, 0.1) is 11.3 Å². The van der Waals surface area contributed by atoms with E-state index in [1.807, 2.05) is 36.4 Å². The van der Waals surface area contributed by atoms with E-state index in [1.54, 1.807) is 30.5 Å². The number of rotatable bonds is 6. The molecule has 5 aromatic rings. The number of carbonyl (C=O) groups is 1. The summed E-state index contributed by atoms with van der Waals surface area (Å²) in [5, 5.41) is 23.2. The fourth-order valence-electron chi connectivity index (χ4n) is 3.54. The van der Waals surface area contributed by atoms with Gasteiger partial charge in [-0.1, -0.05) is 35.9 Å². The number of nitrogens with one attached hydrogen (secondary N) is 3. The number of carbonyl (C=O) groups excluding carboxylic acids is 1. The highest BCUT2D eigenvalue weighted by molar-refractivity contribution is 6.30. The molecule has 176 valence electrons. The summed E-state index contributed by atoms with van der Waals surface area (Å²) in [5.74, 6) is 0.162. The summed E-state index contributed by atoms with van der Waals surface area (Å²) in [4.78, 5) is 25.6. The lowest BCUT2D eigenvalue weighted by Crippen LogP contribution is -2.18. The molecule has 3 aromatic heterocycles. The Balaban J connectivity index is 1.32. The van der Waals surface area contributed by atoms with Crippen molar-refractivity contribution in [1.29, 1.82) is 5.26 Å². The number of nitrogens with two attached hydrogens (primary N) is 1. The molecule has 0 saturated carbocycles. The zero-order chi connectivity index (χ0) is 25.1. The van der Waals surface area contributed by atoms with Crippen molar-refractivity contribution < 1.29 is 4.79 Å². The van der Waals surface area contributed by atoms with Crippen LogP contribution in [0.2, 0.25) is 5.02 Å².